The third-order valence-corrected chi connectivity index (χ3v) is 4.87. The van der Waals surface area contributed by atoms with Crippen molar-refractivity contribution >= 4 is 45.7 Å². The molecule has 26 heavy (non-hydrogen) atoms. The van der Waals surface area contributed by atoms with Gasteiger partial charge in [-0.25, -0.2) is 0 Å². The number of hydrogen-bond acceptors (Lipinski definition) is 5. The highest BCUT2D eigenvalue weighted by Gasteiger charge is 2.11. The van der Waals surface area contributed by atoms with E-state index in [4.69, 9.17) is 15.2 Å². The van der Waals surface area contributed by atoms with E-state index in [-0.39, 0.29) is 0 Å². The highest BCUT2D eigenvalue weighted by molar-refractivity contribution is 14.1. The summed E-state index contributed by atoms with van der Waals surface area (Å²) < 4.78 is 12.3. The molecule has 0 aliphatic carbocycles. The molecule has 0 amide bonds. The van der Waals surface area contributed by atoms with Crippen molar-refractivity contribution in [3.63, 3.8) is 0 Å². The van der Waals surface area contributed by atoms with Crippen molar-refractivity contribution in [1.29, 1.82) is 0 Å². The number of benzene rings is 2. The average Bonchev–Trinajstić information content (AvgIpc) is 2.64. The summed E-state index contributed by atoms with van der Waals surface area (Å²) in [5.41, 5.74) is 7.99. The van der Waals surface area contributed by atoms with Crippen LogP contribution in [0.1, 0.15) is 25.0 Å². The van der Waals surface area contributed by atoms with Crippen molar-refractivity contribution in [1.82, 2.24) is 0 Å². The Kier molecular flexibility index (Phi) is 8.76. The smallest absolute Gasteiger partial charge is 0.180 e. The molecule has 0 aliphatic rings. The number of thioether (sulfide) groups is 1. The van der Waals surface area contributed by atoms with E-state index in [9.17, 15) is 0 Å². The van der Waals surface area contributed by atoms with Gasteiger partial charge in [0, 0.05) is 5.75 Å². The van der Waals surface area contributed by atoms with Crippen LogP contribution in [0.3, 0.4) is 0 Å². The lowest BCUT2D eigenvalue weighted by Gasteiger charge is -2.13. The van der Waals surface area contributed by atoms with Crippen molar-refractivity contribution in [2.24, 2.45) is 15.9 Å². The zero-order chi connectivity index (χ0) is 18.8. The molecular formula is C19H22IN3O2S. The average molecular weight is 483 g/mol. The fourth-order valence-corrected chi connectivity index (χ4v) is 3.52. The summed E-state index contributed by atoms with van der Waals surface area (Å²) in [6.07, 6.45) is 1.66. The molecule has 0 heterocycles. The maximum absolute atomic E-state index is 5.91. The molecule has 5 nitrogen and oxygen atoms in total. The number of rotatable bonds is 8. The van der Waals surface area contributed by atoms with Gasteiger partial charge >= 0.3 is 0 Å². The van der Waals surface area contributed by atoms with Crippen LogP contribution in [0.5, 0.6) is 11.5 Å². The molecule has 7 heteroatoms. The topological polar surface area (TPSA) is 69.2 Å². The van der Waals surface area contributed by atoms with Crippen LogP contribution in [-0.2, 0) is 5.75 Å². The Morgan fingerprint density at radius 3 is 2.58 bits per heavy atom. The summed E-state index contributed by atoms with van der Waals surface area (Å²) in [5.74, 6) is 2.23. The second kappa shape index (κ2) is 11.1. The zero-order valence-corrected chi connectivity index (χ0v) is 17.8. The summed E-state index contributed by atoms with van der Waals surface area (Å²) >= 11 is 3.68. The summed E-state index contributed by atoms with van der Waals surface area (Å²) in [7, 11) is 0. The molecule has 0 bridgehead atoms. The van der Waals surface area contributed by atoms with Crippen LogP contribution in [0.25, 0.3) is 0 Å². The van der Waals surface area contributed by atoms with Gasteiger partial charge in [-0.05, 0) is 59.7 Å². The summed E-state index contributed by atoms with van der Waals surface area (Å²) in [6.45, 7) is 5.05. The third kappa shape index (κ3) is 6.53. The Balaban J connectivity index is 2.04. The predicted molar refractivity (Wildman–Crippen MR) is 118 cm³/mol. The van der Waals surface area contributed by atoms with E-state index in [0.717, 1.165) is 20.6 Å². The van der Waals surface area contributed by atoms with Crippen molar-refractivity contribution in [3.8, 4) is 11.5 Å². The largest absolute Gasteiger partial charge is 0.490 e. The summed E-state index contributed by atoms with van der Waals surface area (Å²) in [4.78, 5) is 0. The van der Waals surface area contributed by atoms with Gasteiger partial charge in [0.2, 0.25) is 0 Å². The number of nitrogens with zero attached hydrogens (tertiary/aromatic N) is 2. The lowest BCUT2D eigenvalue weighted by molar-refractivity contribution is 0.286. The molecule has 0 aliphatic heterocycles. The van der Waals surface area contributed by atoms with Crippen LogP contribution in [0, 0.1) is 3.57 Å². The van der Waals surface area contributed by atoms with Crippen LogP contribution in [0.15, 0.2) is 52.7 Å². The van der Waals surface area contributed by atoms with E-state index in [1.807, 2.05) is 44.2 Å². The van der Waals surface area contributed by atoms with Gasteiger partial charge in [0.15, 0.2) is 16.7 Å². The second-order valence-electron chi connectivity index (χ2n) is 5.15. The van der Waals surface area contributed by atoms with E-state index < -0.39 is 0 Å². The number of amidine groups is 1. The van der Waals surface area contributed by atoms with Gasteiger partial charge in [-0.2, -0.15) is 5.10 Å². The molecule has 2 N–H and O–H groups in total. The number of nitrogens with two attached hydrogens (primary N) is 1. The maximum Gasteiger partial charge on any atom is 0.180 e. The van der Waals surface area contributed by atoms with E-state index in [0.29, 0.717) is 24.1 Å². The Morgan fingerprint density at radius 1 is 1.15 bits per heavy atom. The molecule has 2 aromatic carbocycles. The lowest BCUT2D eigenvalue weighted by atomic mass is 10.2. The minimum Gasteiger partial charge on any atom is -0.490 e. The summed E-state index contributed by atoms with van der Waals surface area (Å²) in [5, 5.41) is 8.57. The number of hydrogen-bond donors (Lipinski definition) is 1. The first-order chi connectivity index (χ1) is 12.6. The van der Waals surface area contributed by atoms with Crippen molar-refractivity contribution < 1.29 is 9.47 Å². The predicted octanol–water partition coefficient (Wildman–Crippen LogP) is 4.67. The Labute approximate surface area is 172 Å². The van der Waals surface area contributed by atoms with E-state index in [2.05, 4.69) is 44.9 Å². The molecule has 0 unspecified atom stereocenters. The van der Waals surface area contributed by atoms with Gasteiger partial charge in [0.1, 0.15) is 0 Å². The van der Waals surface area contributed by atoms with Gasteiger partial charge in [0.25, 0.3) is 0 Å². The Morgan fingerprint density at radius 2 is 1.88 bits per heavy atom. The molecular weight excluding hydrogens is 461 g/mol. The highest BCUT2D eigenvalue weighted by atomic mass is 127. The van der Waals surface area contributed by atoms with Crippen LogP contribution in [0.2, 0.25) is 0 Å². The fraction of sp³-hybridized carbons (Fsp3) is 0.263. The Hall–Kier alpha value is -1.74. The lowest BCUT2D eigenvalue weighted by Crippen LogP contribution is -2.06. The first-order valence-electron chi connectivity index (χ1n) is 8.26. The molecule has 0 spiro atoms. The van der Waals surface area contributed by atoms with Crippen molar-refractivity contribution in [2.45, 2.75) is 19.6 Å². The highest BCUT2D eigenvalue weighted by Crippen LogP contribution is 2.33. The SMILES string of the molecule is CCOc1cc(C=NN=C(N)SCc2ccccc2)cc(I)c1OCC. The van der Waals surface area contributed by atoms with Gasteiger partial charge in [0.05, 0.1) is 23.0 Å². The standard InChI is InChI=1S/C19H22IN3O2S/c1-3-24-17-11-15(10-16(20)18(17)25-4-2)12-22-23-19(21)26-13-14-8-6-5-7-9-14/h5-12H,3-4,13H2,1-2H3,(H2,21,23). The van der Waals surface area contributed by atoms with Crippen LogP contribution in [-0.4, -0.2) is 24.6 Å². The minimum absolute atomic E-state index is 0.427. The fourth-order valence-electron chi connectivity index (χ4n) is 2.12. The van der Waals surface area contributed by atoms with E-state index >= 15 is 0 Å². The second-order valence-corrected chi connectivity index (χ2v) is 7.31. The number of halogens is 1. The van der Waals surface area contributed by atoms with Crippen LogP contribution >= 0.6 is 34.4 Å². The molecule has 0 radical (unpaired) electrons. The molecule has 2 aromatic rings. The first-order valence-corrected chi connectivity index (χ1v) is 10.3. The van der Waals surface area contributed by atoms with Gasteiger partial charge in [-0.15, -0.1) is 5.10 Å². The molecule has 0 atom stereocenters. The monoisotopic (exact) mass is 483 g/mol. The van der Waals surface area contributed by atoms with Crippen LogP contribution in [0.4, 0.5) is 0 Å². The normalized spacial score (nSPS) is 11.7. The van der Waals surface area contributed by atoms with E-state index in [1.54, 1.807) is 6.21 Å². The minimum atomic E-state index is 0.427. The molecule has 0 saturated heterocycles. The van der Waals surface area contributed by atoms with Gasteiger partial charge in [-0.1, -0.05) is 42.1 Å². The van der Waals surface area contributed by atoms with Gasteiger partial charge in [-0.3, -0.25) is 0 Å². The summed E-state index contributed by atoms with van der Waals surface area (Å²) in [6, 6.07) is 14.0. The van der Waals surface area contributed by atoms with Crippen molar-refractivity contribution in [2.75, 3.05) is 13.2 Å². The maximum atomic E-state index is 5.91. The molecule has 0 saturated carbocycles. The van der Waals surface area contributed by atoms with Gasteiger partial charge < -0.3 is 15.2 Å². The third-order valence-electron chi connectivity index (χ3n) is 3.21. The molecule has 138 valence electrons. The first kappa shape index (κ1) is 20.6. The molecule has 0 fully saturated rings. The van der Waals surface area contributed by atoms with Crippen LogP contribution < -0.4 is 15.2 Å². The Bertz CT molecular complexity index is 767. The van der Waals surface area contributed by atoms with Crippen molar-refractivity contribution in [3.05, 3.63) is 57.2 Å². The molecule has 2 rings (SSSR count). The quantitative estimate of drug-likeness (QED) is 0.257. The number of ether oxygens (including phenoxy) is 2. The molecule has 0 aromatic heterocycles. The zero-order valence-electron chi connectivity index (χ0n) is 14.8. The van der Waals surface area contributed by atoms with E-state index in [1.165, 1.54) is 17.3 Å².